The zero-order valence-corrected chi connectivity index (χ0v) is 14.8. The van der Waals surface area contributed by atoms with Crippen LogP contribution >= 0.6 is 11.8 Å². The van der Waals surface area contributed by atoms with E-state index in [1.165, 1.54) is 17.8 Å². The molecule has 1 aliphatic rings. The summed E-state index contributed by atoms with van der Waals surface area (Å²) in [6, 6.07) is 4.87. The van der Waals surface area contributed by atoms with Crippen LogP contribution in [0.3, 0.4) is 0 Å². The van der Waals surface area contributed by atoms with E-state index in [-0.39, 0.29) is 23.6 Å². The molecular formula is C17H19N3O4S. The summed E-state index contributed by atoms with van der Waals surface area (Å²) < 4.78 is 5.41. The lowest BCUT2D eigenvalue weighted by atomic mass is 9.86. The number of aromatic nitrogens is 2. The lowest BCUT2D eigenvalue weighted by molar-refractivity contribution is -0.116. The topological polar surface area (TPSA) is 104 Å². The van der Waals surface area contributed by atoms with Crippen LogP contribution in [0.2, 0.25) is 0 Å². The third-order valence-corrected chi connectivity index (χ3v) is 4.65. The number of nitrogens with one attached hydrogen (secondary N) is 2. The molecule has 0 radical (unpaired) electrons. The van der Waals surface area contributed by atoms with Crippen LogP contribution in [0, 0.1) is 0 Å². The van der Waals surface area contributed by atoms with Crippen molar-refractivity contribution >= 4 is 23.5 Å². The summed E-state index contributed by atoms with van der Waals surface area (Å²) in [5, 5.41) is 13.0. The fraction of sp³-hybridized carbons (Fsp3) is 0.353. The molecular weight excluding hydrogens is 342 g/mol. The van der Waals surface area contributed by atoms with Crippen LogP contribution < -0.4 is 15.6 Å². The summed E-state index contributed by atoms with van der Waals surface area (Å²) in [6.45, 7) is 4.17. The van der Waals surface area contributed by atoms with Crippen molar-refractivity contribution in [2.45, 2.75) is 31.3 Å². The number of H-pyrrole nitrogens is 1. The van der Waals surface area contributed by atoms with Gasteiger partial charge in [0.05, 0.1) is 12.2 Å². The zero-order valence-electron chi connectivity index (χ0n) is 14.0. The molecule has 132 valence electrons. The molecule has 0 saturated carbocycles. The first-order valence-electron chi connectivity index (χ1n) is 8.06. The number of hydrogen-bond donors (Lipinski definition) is 3. The maximum Gasteiger partial charge on any atom is 0.257 e. The normalized spacial score (nSPS) is 16.2. The molecule has 1 atom stereocenters. The van der Waals surface area contributed by atoms with Crippen LogP contribution in [0.15, 0.2) is 28.2 Å². The Morgan fingerprint density at radius 3 is 2.88 bits per heavy atom. The number of thioether (sulfide) groups is 1. The van der Waals surface area contributed by atoms with Crippen LogP contribution in [-0.4, -0.2) is 33.3 Å². The predicted octanol–water partition coefficient (Wildman–Crippen LogP) is 2.46. The Bertz CT molecular complexity index is 865. The molecule has 1 unspecified atom stereocenters. The molecule has 0 fully saturated rings. The average molecular weight is 361 g/mol. The number of benzene rings is 1. The number of aromatic amines is 1. The maximum atomic E-state index is 12.6. The van der Waals surface area contributed by atoms with Crippen molar-refractivity contribution in [1.29, 1.82) is 0 Å². The van der Waals surface area contributed by atoms with E-state index >= 15 is 0 Å². The van der Waals surface area contributed by atoms with Gasteiger partial charge in [0.25, 0.3) is 5.56 Å². The van der Waals surface area contributed by atoms with E-state index in [9.17, 15) is 14.7 Å². The smallest absolute Gasteiger partial charge is 0.257 e. The second-order valence-electron chi connectivity index (χ2n) is 5.53. The van der Waals surface area contributed by atoms with Crippen molar-refractivity contribution in [3.63, 3.8) is 0 Å². The number of carbonyl (C=O) groups is 1. The highest BCUT2D eigenvalue weighted by Crippen LogP contribution is 2.38. The van der Waals surface area contributed by atoms with Crippen molar-refractivity contribution in [3.05, 3.63) is 39.7 Å². The number of phenolic OH excluding ortho intramolecular Hbond substituents is 1. The predicted molar refractivity (Wildman–Crippen MR) is 95.6 cm³/mol. The van der Waals surface area contributed by atoms with Gasteiger partial charge in [-0.1, -0.05) is 24.8 Å². The molecule has 2 aromatic rings. The Hall–Kier alpha value is -2.48. The second kappa shape index (κ2) is 7.18. The van der Waals surface area contributed by atoms with Gasteiger partial charge in [-0.2, -0.15) is 0 Å². The SMILES string of the molecule is CCOc1cc(C2CC(=O)Nc3nc(SCC)[nH]c(=O)c32)ccc1O. The Morgan fingerprint density at radius 1 is 1.36 bits per heavy atom. The van der Waals surface area contributed by atoms with Crippen LogP contribution in [0.4, 0.5) is 5.82 Å². The summed E-state index contributed by atoms with van der Waals surface area (Å²) in [4.78, 5) is 31.8. The van der Waals surface area contributed by atoms with Gasteiger partial charge in [0.2, 0.25) is 5.91 Å². The molecule has 3 N–H and O–H groups in total. The van der Waals surface area contributed by atoms with Crippen molar-refractivity contribution in [1.82, 2.24) is 9.97 Å². The molecule has 25 heavy (non-hydrogen) atoms. The minimum absolute atomic E-state index is 0.0211. The van der Waals surface area contributed by atoms with Gasteiger partial charge in [-0.05, 0) is 30.4 Å². The molecule has 8 heteroatoms. The number of amides is 1. The van der Waals surface area contributed by atoms with Gasteiger partial charge in [0, 0.05) is 12.3 Å². The highest BCUT2D eigenvalue weighted by atomic mass is 32.2. The fourth-order valence-corrected chi connectivity index (χ4v) is 3.45. The van der Waals surface area contributed by atoms with Gasteiger partial charge in [-0.25, -0.2) is 4.98 Å². The van der Waals surface area contributed by atoms with Crippen LogP contribution in [0.1, 0.15) is 37.3 Å². The molecule has 1 amide bonds. The zero-order chi connectivity index (χ0) is 18.0. The van der Waals surface area contributed by atoms with E-state index in [2.05, 4.69) is 15.3 Å². The molecule has 0 bridgehead atoms. The lowest BCUT2D eigenvalue weighted by Crippen LogP contribution is -2.31. The third kappa shape index (κ3) is 3.48. The Morgan fingerprint density at radius 2 is 2.16 bits per heavy atom. The Kier molecular flexibility index (Phi) is 4.98. The first-order valence-corrected chi connectivity index (χ1v) is 9.04. The van der Waals surface area contributed by atoms with Gasteiger partial charge in [0.1, 0.15) is 5.82 Å². The molecule has 2 heterocycles. The second-order valence-corrected chi connectivity index (χ2v) is 6.78. The number of ether oxygens (including phenoxy) is 1. The van der Waals surface area contributed by atoms with E-state index < -0.39 is 5.92 Å². The summed E-state index contributed by atoms with van der Waals surface area (Å²) in [5.41, 5.74) is 0.880. The van der Waals surface area contributed by atoms with Crippen molar-refractivity contribution in [2.75, 3.05) is 17.7 Å². The van der Waals surface area contributed by atoms with E-state index in [1.54, 1.807) is 12.1 Å². The van der Waals surface area contributed by atoms with Crippen LogP contribution in [-0.2, 0) is 4.79 Å². The first kappa shape index (κ1) is 17.3. The van der Waals surface area contributed by atoms with Gasteiger partial charge in [-0.3, -0.25) is 9.59 Å². The first-order chi connectivity index (χ1) is 12.0. The largest absolute Gasteiger partial charge is 0.504 e. The fourth-order valence-electron chi connectivity index (χ4n) is 2.86. The summed E-state index contributed by atoms with van der Waals surface area (Å²) in [7, 11) is 0. The third-order valence-electron chi connectivity index (χ3n) is 3.90. The Labute approximate surface area is 148 Å². The molecule has 1 aromatic heterocycles. The number of nitrogens with zero attached hydrogens (tertiary/aromatic N) is 1. The molecule has 0 saturated heterocycles. The minimum atomic E-state index is -0.444. The van der Waals surface area contributed by atoms with Gasteiger partial charge in [-0.15, -0.1) is 0 Å². The molecule has 1 aliphatic heterocycles. The number of anilines is 1. The number of phenols is 1. The van der Waals surface area contributed by atoms with E-state index in [0.29, 0.717) is 28.9 Å². The number of aromatic hydroxyl groups is 1. The van der Waals surface area contributed by atoms with Crippen LogP contribution in [0.5, 0.6) is 11.5 Å². The minimum Gasteiger partial charge on any atom is -0.504 e. The molecule has 1 aromatic carbocycles. The van der Waals surface area contributed by atoms with Gasteiger partial charge in [0.15, 0.2) is 16.7 Å². The van der Waals surface area contributed by atoms with Crippen molar-refractivity contribution in [3.8, 4) is 11.5 Å². The molecule has 0 spiro atoms. The lowest BCUT2D eigenvalue weighted by Gasteiger charge is -2.25. The summed E-state index contributed by atoms with van der Waals surface area (Å²) in [6.07, 6.45) is 0.133. The quantitative estimate of drug-likeness (QED) is 0.558. The number of carbonyl (C=O) groups excluding carboxylic acids is 1. The Balaban J connectivity index is 2.09. The molecule has 3 rings (SSSR count). The average Bonchev–Trinajstić information content (AvgIpc) is 2.56. The van der Waals surface area contributed by atoms with Crippen molar-refractivity contribution < 1.29 is 14.6 Å². The standard InChI is InChI=1S/C17H19N3O4S/c1-3-24-12-7-9(5-6-11(12)21)10-8-13(22)18-15-14(10)16(23)20-17(19-15)25-4-2/h5-7,10,21H,3-4,8H2,1-2H3,(H2,18,19,20,22,23). The van der Waals surface area contributed by atoms with Gasteiger partial charge < -0.3 is 20.1 Å². The highest BCUT2D eigenvalue weighted by Gasteiger charge is 2.31. The highest BCUT2D eigenvalue weighted by molar-refractivity contribution is 7.99. The monoisotopic (exact) mass is 361 g/mol. The van der Waals surface area contributed by atoms with E-state index in [4.69, 9.17) is 4.74 Å². The van der Waals surface area contributed by atoms with E-state index in [0.717, 1.165) is 11.3 Å². The van der Waals surface area contributed by atoms with Crippen molar-refractivity contribution in [2.24, 2.45) is 0 Å². The molecule has 0 aliphatic carbocycles. The summed E-state index contributed by atoms with van der Waals surface area (Å²) in [5.74, 6) is 0.763. The van der Waals surface area contributed by atoms with Crippen LogP contribution in [0.25, 0.3) is 0 Å². The summed E-state index contributed by atoms with van der Waals surface area (Å²) >= 11 is 1.40. The molecule has 7 nitrogen and oxygen atoms in total. The maximum absolute atomic E-state index is 12.6. The number of hydrogen-bond acceptors (Lipinski definition) is 6. The van der Waals surface area contributed by atoms with Gasteiger partial charge >= 0.3 is 0 Å². The van der Waals surface area contributed by atoms with E-state index in [1.807, 2.05) is 13.8 Å². The number of fused-ring (bicyclic) bond motifs is 1. The number of rotatable bonds is 5.